The molecule has 0 aliphatic carbocycles. The summed E-state index contributed by atoms with van der Waals surface area (Å²) in [5, 5.41) is 1.50. The average Bonchev–Trinajstić information content (AvgIpc) is 2.59. The summed E-state index contributed by atoms with van der Waals surface area (Å²) in [7, 11) is 2.04. The molecule has 2 nitrogen and oxygen atoms in total. The number of nitrogens with zero attached hydrogens (tertiary/aromatic N) is 2. The highest BCUT2D eigenvalue weighted by Crippen LogP contribution is 2.30. The van der Waals surface area contributed by atoms with Crippen LogP contribution in [-0.4, -0.2) is 18.6 Å². The molecule has 1 heterocycles. The number of thiazole rings is 1. The van der Waals surface area contributed by atoms with Crippen LogP contribution in [0.1, 0.15) is 25.1 Å². The number of aromatic nitrogens is 1. The Labute approximate surface area is 105 Å². The topological polar surface area (TPSA) is 16.1 Å². The second-order valence-electron chi connectivity index (χ2n) is 3.74. The minimum Gasteiger partial charge on any atom is -0.351 e. The van der Waals surface area contributed by atoms with Crippen molar-refractivity contribution in [1.29, 1.82) is 0 Å². The van der Waals surface area contributed by atoms with E-state index in [0.29, 0.717) is 17.0 Å². The molecule has 0 fully saturated rings. The molecule has 0 aliphatic rings. The van der Waals surface area contributed by atoms with E-state index >= 15 is 0 Å². The molecule has 0 radical (unpaired) electrons. The van der Waals surface area contributed by atoms with Crippen LogP contribution < -0.4 is 4.90 Å². The molecule has 0 bridgehead atoms. The maximum absolute atomic E-state index is 5.95. The Morgan fingerprint density at radius 2 is 2.20 bits per heavy atom. The molecule has 15 heavy (non-hydrogen) atoms. The maximum atomic E-state index is 5.95. The quantitative estimate of drug-likeness (QED) is 0.749. The van der Waals surface area contributed by atoms with Gasteiger partial charge in [0, 0.05) is 13.6 Å². The van der Waals surface area contributed by atoms with E-state index in [1.165, 1.54) is 6.42 Å². The van der Waals surface area contributed by atoms with Crippen LogP contribution in [0, 0.1) is 5.92 Å². The molecule has 0 aliphatic heterocycles. The average molecular weight is 267 g/mol. The molecule has 0 N–H and O–H groups in total. The van der Waals surface area contributed by atoms with Gasteiger partial charge in [0.15, 0.2) is 5.13 Å². The van der Waals surface area contributed by atoms with Gasteiger partial charge in [-0.2, -0.15) is 0 Å². The van der Waals surface area contributed by atoms with Gasteiger partial charge in [-0.15, -0.1) is 11.6 Å². The van der Waals surface area contributed by atoms with Gasteiger partial charge in [-0.1, -0.05) is 43.2 Å². The highest BCUT2D eigenvalue weighted by Gasteiger charge is 2.13. The van der Waals surface area contributed by atoms with Crippen molar-refractivity contribution in [3.8, 4) is 0 Å². The first-order valence-electron chi connectivity index (χ1n) is 5.00. The van der Waals surface area contributed by atoms with E-state index in [2.05, 4.69) is 23.7 Å². The molecular weight excluding hydrogens is 251 g/mol. The van der Waals surface area contributed by atoms with Crippen LogP contribution in [0.5, 0.6) is 0 Å². The fourth-order valence-electron chi connectivity index (χ4n) is 1.24. The Kier molecular flexibility index (Phi) is 5.16. The Bertz CT molecular complexity index is 314. The largest absolute Gasteiger partial charge is 0.351 e. The molecule has 1 aromatic rings. The van der Waals surface area contributed by atoms with Crippen molar-refractivity contribution < 1.29 is 0 Å². The SMILES string of the molecule is CCC(C)CN(C)c1nc(Cl)c(CCl)s1. The lowest BCUT2D eigenvalue weighted by atomic mass is 10.1. The van der Waals surface area contributed by atoms with E-state index in [9.17, 15) is 0 Å². The maximum Gasteiger partial charge on any atom is 0.186 e. The summed E-state index contributed by atoms with van der Waals surface area (Å²) in [5.41, 5.74) is 0. The summed E-state index contributed by atoms with van der Waals surface area (Å²) in [6.07, 6.45) is 1.17. The standard InChI is InChI=1S/C10H16Cl2N2S/c1-4-7(2)6-14(3)10-13-9(12)8(5-11)15-10/h7H,4-6H2,1-3H3. The van der Waals surface area contributed by atoms with Crippen LogP contribution in [0.25, 0.3) is 0 Å². The predicted octanol–water partition coefficient (Wildman–Crippen LogP) is 4.02. The fourth-order valence-corrected chi connectivity index (χ4v) is 2.69. The Balaban J connectivity index is 2.69. The summed E-state index contributed by atoms with van der Waals surface area (Å²) >= 11 is 13.3. The van der Waals surface area contributed by atoms with E-state index in [1.54, 1.807) is 11.3 Å². The van der Waals surface area contributed by atoms with Crippen LogP contribution >= 0.6 is 34.5 Å². The van der Waals surface area contributed by atoms with Gasteiger partial charge < -0.3 is 4.90 Å². The zero-order chi connectivity index (χ0) is 11.4. The third kappa shape index (κ3) is 3.51. The Morgan fingerprint density at radius 1 is 1.53 bits per heavy atom. The van der Waals surface area contributed by atoms with Crippen molar-refractivity contribution in [3.05, 3.63) is 10.0 Å². The highest BCUT2D eigenvalue weighted by molar-refractivity contribution is 7.16. The molecule has 0 amide bonds. The molecule has 0 spiro atoms. The van der Waals surface area contributed by atoms with Crippen LogP contribution in [0.3, 0.4) is 0 Å². The molecule has 0 saturated carbocycles. The molecule has 5 heteroatoms. The summed E-state index contributed by atoms with van der Waals surface area (Å²) in [6, 6.07) is 0. The van der Waals surface area contributed by atoms with Crippen LogP contribution in [0.4, 0.5) is 5.13 Å². The number of rotatable bonds is 5. The van der Waals surface area contributed by atoms with E-state index in [-0.39, 0.29) is 0 Å². The summed E-state index contributed by atoms with van der Waals surface area (Å²) in [4.78, 5) is 7.38. The number of anilines is 1. The van der Waals surface area contributed by atoms with Gasteiger partial charge in [0.1, 0.15) is 5.15 Å². The van der Waals surface area contributed by atoms with Crippen molar-refractivity contribution in [2.24, 2.45) is 5.92 Å². The lowest BCUT2D eigenvalue weighted by Crippen LogP contribution is -2.23. The second kappa shape index (κ2) is 5.92. The van der Waals surface area contributed by atoms with Crippen molar-refractivity contribution >= 4 is 39.7 Å². The fraction of sp³-hybridized carbons (Fsp3) is 0.700. The van der Waals surface area contributed by atoms with Crippen molar-refractivity contribution in [1.82, 2.24) is 4.98 Å². The normalized spacial score (nSPS) is 12.9. The lowest BCUT2D eigenvalue weighted by Gasteiger charge is -2.19. The molecule has 1 unspecified atom stereocenters. The monoisotopic (exact) mass is 266 g/mol. The van der Waals surface area contributed by atoms with Crippen molar-refractivity contribution in [2.75, 3.05) is 18.5 Å². The van der Waals surface area contributed by atoms with Gasteiger partial charge in [0.25, 0.3) is 0 Å². The summed E-state index contributed by atoms with van der Waals surface area (Å²) in [5.74, 6) is 1.10. The number of halogens is 2. The first-order chi connectivity index (χ1) is 7.08. The summed E-state index contributed by atoms with van der Waals surface area (Å²) < 4.78 is 0. The van der Waals surface area contributed by atoms with E-state index in [0.717, 1.165) is 16.6 Å². The molecule has 86 valence electrons. The first kappa shape index (κ1) is 13.1. The van der Waals surface area contributed by atoms with Crippen LogP contribution in [0.2, 0.25) is 5.15 Å². The van der Waals surface area contributed by atoms with E-state index in [1.807, 2.05) is 7.05 Å². The third-order valence-electron chi connectivity index (χ3n) is 2.37. The van der Waals surface area contributed by atoms with E-state index < -0.39 is 0 Å². The first-order valence-corrected chi connectivity index (χ1v) is 6.73. The molecule has 0 aromatic carbocycles. The van der Waals surface area contributed by atoms with Gasteiger partial charge in [-0.25, -0.2) is 4.98 Å². The Hall–Kier alpha value is 0.01000. The van der Waals surface area contributed by atoms with E-state index in [4.69, 9.17) is 23.2 Å². The predicted molar refractivity (Wildman–Crippen MR) is 69.4 cm³/mol. The zero-order valence-electron chi connectivity index (χ0n) is 9.26. The van der Waals surface area contributed by atoms with Gasteiger partial charge in [-0.05, 0) is 5.92 Å². The molecular formula is C10H16Cl2N2S. The molecule has 1 aromatic heterocycles. The van der Waals surface area contributed by atoms with Crippen molar-refractivity contribution in [3.63, 3.8) is 0 Å². The van der Waals surface area contributed by atoms with Gasteiger partial charge >= 0.3 is 0 Å². The van der Waals surface area contributed by atoms with Gasteiger partial charge in [-0.3, -0.25) is 0 Å². The van der Waals surface area contributed by atoms with Crippen molar-refractivity contribution in [2.45, 2.75) is 26.1 Å². The van der Waals surface area contributed by atoms with Crippen LogP contribution in [-0.2, 0) is 5.88 Å². The summed E-state index contributed by atoms with van der Waals surface area (Å²) in [6.45, 7) is 5.42. The minimum absolute atomic E-state index is 0.438. The van der Waals surface area contributed by atoms with Crippen LogP contribution in [0.15, 0.2) is 0 Å². The number of hydrogen-bond donors (Lipinski definition) is 0. The minimum atomic E-state index is 0.438. The smallest absolute Gasteiger partial charge is 0.186 e. The molecule has 0 saturated heterocycles. The second-order valence-corrected chi connectivity index (χ2v) is 5.43. The third-order valence-corrected chi connectivity index (χ3v) is 4.39. The lowest BCUT2D eigenvalue weighted by molar-refractivity contribution is 0.559. The number of hydrogen-bond acceptors (Lipinski definition) is 3. The Morgan fingerprint density at radius 3 is 2.67 bits per heavy atom. The highest BCUT2D eigenvalue weighted by atomic mass is 35.5. The molecule has 1 atom stereocenters. The van der Waals surface area contributed by atoms with Gasteiger partial charge in [0.05, 0.1) is 10.8 Å². The van der Waals surface area contributed by atoms with Gasteiger partial charge in [0.2, 0.25) is 0 Å². The molecule has 1 rings (SSSR count). The zero-order valence-corrected chi connectivity index (χ0v) is 11.6. The number of alkyl halides is 1.